The molecule has 1 aromatic carbocycles. The van der Waals surface area contributed by atoms with E-state index in [0.29, 0.717) is 11.3 Å². The third-order valence-electron chi connectivity index (χ3n) is 6.38. The number of carbonyl (C=O) groups is 4. The van der Waals surface area contributed by atoms with E-state index in [-0.39, 0.29) is 31.0 Å². The highest BCUT2D eigenvalue weighted by Gasteiger charge is 2.45. The number of imide groups is 1. The van der Waals surface area contributed by atoms with Crippen molar-refractivity contribution in [1.82, 2.24) is 4.90 Å². The fourth-order valence-corrected chi connectivity index (χ4v) is 4.28. The van der Waals surface area contributed by atoms with E-state index in [1.807, 2.05) is 31.2 Å². The van der Waals surface area contributed by atoms with E-state index in [9.17, 15) is 19.2 Å². The predicted molar refractivity (Wildman–Crippen MR) is 145 cm³/mol. The lowest BCUT2D eigenvalue weighted by Gasteiger charge is -2.32. The number of cyclic esters (lactones) is 1. The van der Waals surface area contributed by atoms with E-state index >= 15 is 0 Å². The number of nitrogens with zero attached hydrogens (tertiary/aromatic N) is 1. The molecule has 2 amide bonds. The molecule has 1 aliphatic heterocycles. The van der Waals surface area contributed by atoms with Crippen LogP contribution in [0.15, 0.2) is 24.3 Å². The summed E-state index contributed by atoms with van der Waals surface area (Å²) >= 11 is 0. The second kappa shape index (κ2) is 12.6. The minimum atomic E-state index is -1.48. The molecule has 1 aliphatic carbocycles. The first kappa shape index (κ1) is 31.4. The number of esters is 2. The zero-order valence-electron chi connectivity index (χ0n) is 24.9. The van der Waals surface area contributed by atoms with Crippen molar-refractivity contribution in [3.63, 3.8) is 0 Å². The van der Waals surface area contributed by atoms with Crippen LogP contribution >= 0.6 is 0 Å². The fraction of sp³-hybridized carbons (Fsp3) is 0.667. The first-order valence-electron chi connectivity index (χ1n) is 13.8. The SMILES string of the molecule is Cc1ccc(CC2COCC(N(C(=O)OC(C)(C)C)C(=O)OC(C)(C)C)C(=O)OC(C)C2OC(=O)C2CC2)cc1. The van der Waals surface area contributed by atoms with Gasteiger partial charge >= 0.3 is 24.1 Å². The van der Waals surface area contributed by atoms with Gasteiger partial charge in [0.1, 0.15) is 23.4 Å². The molecular weight excluding hydrogens is 518 g/mol. The lowest BCUT2D eigenvalue weighted by atomic mass is 9.91. The summed E-state index contributed by atoms with van der Waals surface area (Å²) in [5.74, 6) is -1.74. The van der Waals surface area contributed by atoms with Crippen molar-refractivity contribution >= 4 is 24.1 Å². The standard InChI is InChI=1S/C30H43NO9/c1-18-9-11-20(12-10-18)15-22-16-36-17-23(26(33)37-19(2)24(22)38-25(32)21-13-14-21)31(27(34)39-29(3,4)5)28(35)40-30(6,7)8/h9-12,19,21-24H,13-17H2,1-8H3. The van der Waals surface area contributed by atoms with Crippen LogP contribution in [0.3, 0.4) is 0 Å². The van der Waals surface area contributed by atoms with Crippen LogP contribution in [0, 0.1) is 18.8 Å². The summed E-state index contributed by atoms with van der Waals surface area (Å²) in [7, 11) is 0. The topological polar surface area (TPSA) is 118 Å². The van der Waals surface area contributed by atoms with Gasteiger partial charge in [-0.1, -0.05) is 29.8 Å². The molecule has 222 valence electrons. The highest BCUT2D eigenvalue weighted by molar-refractivity contribution is 5.94. The number of hydrogen-bond donors (Lipinski definition) is 0. The van der Waals surface area contributed by atoms with Crippen molar-refractivity contribution < 1.29 is 42.9 Å². The van der Waals surface area contributed by atoms with Gasteiger partial charge in [0.2, 0.25) is 0 Å². The molecular formula is C30H43NO9. The van der Waals surface area contributed by atoms with Crippen LogP contribution in [0.2, 0.25) is 0 Å². The molecule has 0 bridgehead atoms. The van der Waals surface area contributed by atoms with E-state index < -0.39 is 47.6 Å². The summed E-state index contributed by atoms with van der Waals surface area (Å²) in [5.41, 5.74) is 0.218. The third-order valence-corrected chi connectivity index (χ3v) is 6.38. The van der Waals surface area contributed by atoms with E-state index in [0.717, 1.165) is 24.0 Å². The number of rotatable bonds is 5. The Balaban J connectivity index is 1.92. The number of amides is 2. The van der Waals surface area contributed by atoms with Gasteiger partial charge in [-0.3, -0.25) is 4.79 Å². The van der Waals surface area contributed by atoms with Crippen molar-refractivity contribution in [2.75, 3.05) is 13.2 Å². The van der Waals surface area contributed by atoms with Crippen molar-refractivity contribution in [2.24, 2.45) is 11.8 Å². The minimum absolute atomic E-state index is 0.0877. The fourth-order valence-electron chi connectivity index (χ4n) is 4.28. The Kier molecular flexibility index (Phi) is 9.87. The van der Waals surface area contributed by atoms with Crippen molar-refractivity contribution in [2.45, 2.75) is 104 Å². The van der Waals surface area contributed by atoms with Gasteiger partial charge in [-0.15, -0.1) is 0 Å². The zero-order valence-corrected chi connectivity index (χ0v) is 24.9. The summed E-state index contributed by atoms with van der Waals surface area (Å²) in [6, 6.07) is 6.50. The van der Waals surface area contributed by atoms with Gasteiger partial charge in [-0.05, 0) is 80.2 Å². The van der Waals surface area contributed by atoms with Gasteiger partial charge in [0.15, 0.2) is 6.04 Å². The molecule has 1 saturated carbocycles. The average Bonchev–Trinajstić information content (AvgIpc) is 3.65. The van der Waals surface area contributed by atoms with Gasteiger partial charge in [0.25, 0.3) is 0 Å². The summed E-state index contributed by atoms with van der Waals surface area (Å²) in [6.07, 6.45) is -1.78. The Hall–Kier alpha value is -3.14. The Morgan fingerprint density at radius 3 is 1.98 bits per heavy atom. The Bertz CT molecular complexity index is 1040. The maximum absolute atomic E-state index is 13.5. The molecule has 2 fully saturated rings. The van der Waals surface area contributed by atoms with Crippen LogP contribution < -0.4 is 0 Å². The van der Waals surface area contributed by atoms with Crippen molar-refractivity contribution in [3.8, 4) is 0 Å². The maximum Gasteiger partial charge on any atom is 0.420 e. The number of benzene rings is 1. The van der Waals surface area contributed by atoms with E-state index in [2.05, 4.69) is 0 Å². The Morgan fingerprint density at radius 2 is 1.48 bits per heavy atom. The minimum Gasteiger partial charge on any atom is -0.458 e. The molecule has 2 aliphatic rings. The first-order valence-corrected chi connectivity index (χ1v) is 13.8. The van der Waals surface area contributed by atoms with Gasteiger partial charge in [-0.25, -0.2) is 14.4 Å². The molecule has 3 rings (SSSR count). The van der Waals surface area contributed by atoms with Gasteiger partial charge < -0.3 is 23.7 Å². The second-order valence-electron chi connectivity index (χ2n) is 12.7. The molecule has 10 heteroatoms. The molecule has 40 heavy (non-hydrogen) atoms. The molecule has 0 radical (unpaired) electrons. The zero-order chi connectivity index (χ0) is 29.8. The second-order valence-corrected chi connectivity index (χ2v) is 12.7. The highest BCUT2D eigenvalue weighted by atomic mass is 16.6. The molecule has 1 saturated heterocycles. The van der Waals surface area contributed by atoms with Crippen molar-refractivity contribution in [1.29, 1.82) is 0 Å². The maximum atomic E-state index is 13.5. The largest absolute Gasteiger partial charge is 0.458 e. The predicted octanol–water partition coefficient (Wildman–Crippen LogP) is 4.98. The van der Waals surface area contributed by atoms with Crippen LogP contribution in [0.4, 0.5) is 9.59 Å². The third kappa shape index (κ3) is 9.21. The highest BCUT2D eigenvalue weighted by Crippen LogP contribution is 2.33. The molecule has 10 nitrogen and oxygen atoms in total. The van der Waals surface area contributed by atoms with E-state index in [1.165, 1.54) is 0 Å². The van der Waals surface area contributed by atoms with Crippen LogP contribution in [-0.4, -0.2) is 71.7 Å². The normalized spacial score (nSPS) is 24.1. The average molecular weight is 562 g/mol. The lowest BCUT2D eigenvalue weighted by molar-refractivity contribution is -0.173. The summed E-state index contributed by atoms with van der Waals surface area (Å²) in [6.45, 7) is 13.2. The number of carbonyl (C=O) groups excluding carboxylic acids is 4. The van der Waals surface area contributed by atoms with Gasteiger partial charge in [0.05, 0.1) is 19.1 Å². The molecule has 0 aromatic heterocycles. The van der Waals surface area contributed by atoms with Gasteiger partial charge in [0, 0.05) is 5.92 Å². The van der Waals surface area contributed by atoms with Crippen LogP contribution in [-0.2, 0) is 39.7 Å². The smallest absolute Gasteiger partial charge is 0.420 e. The van der Waals surface area contributed by atoms with Crippen LogP contribution in [0.25, 0.3) is 0 Å². The number of ether oxygens (including phenoxy) is 5. The summed E-state index contributed by atoms with van der Waals surface area (Å²) < 4.78 is 28.5. The monoisotopic (exact) mass is 561 g/mol. The van der Waals surface area contributed by atoms with Gasteiger partial charge in [-0.2, -0.15) is 4.90 Å². The van der Waals surface area contributed by atoms with Crippen LogP contribution in [0.5, 0.6) is 0 Å². The van der Waals surface area contributed by atoms with E-state index in [4.69, 9.17) is 23.7 Å². The molecule has 4 atom stereocenters. The molecule has 1 heterocycles. The number of hydrogen-bond acceptors (Lipinski definition) is 9. The number of aryl methyl sites for hydroxylation is 1. The van der Waals surface area contributed by atoms with E-state index in [1.54, 1.807) is 48.5 Å². The molecule has 0 N–H and O–H groups in total. The molecule has 1 aromatic rings. The quantitative estimate of drug-likeness (QED) is 0.362. The Morgan fingerprint density at radius 1 is 0.925 bits per heavy atom. The molecule has 4 unspecified atom stereocenters. The first-order chi connectivity index (χ1) is 18.5. The lowest BCUT2D eigenvalue weighted by Crippen LogP contribution is -2.54. The summed E-state index contributed by atoms with van der Waals surface area (Å²) in [5, 5.41) is 0. The molecule has 0 spiro atoms. The van der Waals surface area contributed by atoms with Crippen molar-refractivity contribution in [3.05, 3.63) is 35.4 Å². The summed E-state index contributed by atoms with van der Waals surface area (Å²) in [4.78, 5) is 53.2. The Labute approximate surface area is 236 Å². The van der Waals surface area contributed by atoms with Crippen LogP contribution in [0.1, 0.15) is 72.4 Å².